The molecule has 0 saturated carbocycles. The lowest BCUT2D eigenvalue weighted by Crippen LogP contribution is -2.37. The van der Waals surface area contributed by atoms with Crippen LogP contribution in [0.5, 0.6) is 0 Å². The van der Waals surface area contributed by atoms with Crippen molar-refractivity contribution < 1.29 is 37.3 Å². The molecule has 0 heterocycles. The molecule has 0 radical (unpaired) electrons. The second kappa shape index (κ2) is 24.3. The molecule has 2 unspecified atom stereocenters. The van der Waals surface area contributed by atoms with Gasteiger partial charge in [-0.15, -0.1) is 0 Å². The molecular formula is C29H61NO7P+. The van der Waals surface area contributed by atoms with Crippen LogP contribution in [-0.2, 0) is 27.9 Å². The number of unbranched alkanes of at least 4 members (excludes halogenated alkanes) is 16. The van der Waals surface area contributed by atoms with Crippen molar-refractivity contribution in [2.24, 2.45) is 0 Å². The summed E-state index contributed by atoms with van der Waals surface area (Å²) in [5.74, 6) is -0.236. The molecule has 0 saturated heterocycles. The number of carbonyl (C=O) groups is 1. The van der Waals surface area contributed by atoms with E-state index in [1.165, 1.54) is 103 Å². The first kappa shape index (κ1) is 37.5. The van der Waals surface area contributed by atoms with E-state index in [-0.39, 0.29) is 25.8 Å². The Hall–Kier alpha value is -0.500. The minimum absolute atomic E-state index is 0.0869. The smallest absolute Gasteiger partial charge is 0.463 e. The SMILES string of the molecule is CCCCCCCCCCCCCCCCCCCC(=O)OCCOC(C)OP(=O)(O)OCC[N+](C)(C)C. The molecule has 38 heavy (non-hydrogen) atoms. The molecule has 0 aliphatic heterocycles. The highest BCUT2D eigenvalue weighted by Gasteiger charge is 2.26. The van der Waals surface area contributed by atoms with Crippen LogP contribution in [0.2, 0.25) is 0 Å². The number of rotatable bonds is 28. The van der Waals surface area contributed by atoms with Gasteiger partial charge < -0.3 is 18.9 Å². The average Bonchev–Trinajstić information content (AvgIpc) is 2.82. The van der Waals surface area contributed by atoms with Crippen LogP contribution in [0.25, 0.3) is 0 Å². The van der Waals surface area contributed by atoms with Crippen molar-refractivity contribution in [3.8, 4) is 0 Å². The van der Waals surface area contributed by atoms with Crippen molar-refractivity contribution in [1.29, 1.82) is 0 Å². The maximum Gasteiger partial charge on any atom is 0.474 e. The molecule has 0 aromatic carbocycles. The normalized spacial score (nSPS) is 14.4. The molecule has 0 fully saturated rings. The highest BCUT2D eigenvalue weighted by atomic mass is 31.2. The highest BCUT2D eigenvalue weighted by Crippen LogP contribution is 2.44. The first-order valence-electron chi connectivity index (χ1n) is 15.3. The van der Waals surface area contributed by atoms with Crippen LogP contribution in [0.1, 0.15) is 129 Å². The van der Waals surface area contributed by atoms with Gasteiger partial charge >= 0.3 is 13.8 Å². The fourth-order valence-corrected chi connectivity index (χ4v) is 4.92. The van der Waals surface area contributed by atoms with E-state index in [0.717, 1.165) is 12.8 Å². The second-order valence-electron chi connectivity index (χ2n) is 11.5. The molecular weight excluding hydrogens is 505 g/mol. The number of hydrogen-bond acceptors (Lipinski definition) is 6. The van der Waals surface area contributed by atoms with Gasteiger partial charge in [0.25, 0.3) is 0 Å². The number of hydrogen-bond donors (Lipinski definition) is 1. The van der Waals surface area contributed by atoms with Crippen molar-refractivity contribution >= 4 is 13.8 Å². The van der Waals surface area contributed by atoms with Crippen molar-refractivity contribution in [3.05, 3.63) is 0 Å². The molecule has 0 aliphatic carbocycles. The first-order valence-corrected chi connectivity index (χ1v) is 16.8. The van der Waals surface area contributed by atoms with E-state index >= 15 is 0 Å². The zero-order valence-corrected chi connectivity index (χ0v) is 26.3. The van der Waals surface area contributed by atoms with Crippen molar-refractivity contribution in [3.63, 3.8) is 0 Å². The van der Waals surface area contributed by atoms with Crippen LogP contribution in [-0.4, -0.2) is 69.1 Å². The summed E-state index contributed by atoms with van der Waals surface area (Å²) in [4.78, 5) is 21.6. The number of phosphoric ester groups is 1. The van der Waals surface area contributed by atoms with Gasteiger partial charge in [-0.05, 0) is 13.3 Å². The summed E-state index contributed by atoms with van der Waals surface area (Å²) >= 11 is 0. The molecule has 0 rings (SSSR count). The Kier molecular flexibility index (Phi) is 24.0. The van der Waals surface area contributed by atoms with Crippen LogP contribution in [0.15, 0.2) is 0 Å². The third-order valence-corrected chi connectivity index (χ3v) is 7.55. The minimum atomic E-state index is -4.19. The molecule has 8 nitrogen and oxygen atoms in total. The molecule has 9 heteroatoms. The third-order valence-electron chi connectivity index (χ3n) is 6.48. The molecule has 0 amide bonds. The number of carbonyl (C=O) groups excluding carboxylic acids is 1. The summed E-state index contributed by atoms with van der Waals surface area (Å²) in [6, 6.07) is 0. The van der Waals surface area contributed by atoms with Gasteiger partial charge in [-0.1, -0.05) is 110 Å². The summed E-state index contributed by atoms with van der Waals surface area (Å²) < 4.78 is 32.9. The molecule has 0 aromatic rings. The van der Waals surface area contributed by atoms with Gasteiger partial charge in [-0.25, -0.2) is 4.57 Å². The Balaban J connectivity index is 3.46. The van der Waals surface area contributed by atoms with Crippen molar-refractivity contribution in [2.45, 2.75) is 136 Å². The summed E-state index contributed by atoms with van der Waals surface area (Å²) in [6.07, 6.45) is 21.7. The molecule has 228 valence electrons. The zero-order valence-electron chi connectivity index (χ0n) is 25.4. The fraction of sp³-hybridized carbons (Fsp3) is 0.966. The van der Waals surface area contributed by atoms with E-state index in [1.54, 1.807) is 0 Å². The van der Waals surface area contributed by atoms with E-state index < -0.39 is 14.1 Å². The summed E-state index contributed by atoms with van der Waals surface area (Å²) in [5.41, 5.74) is 0. The maximum atomic E-state index is 11.9. The predicted octanol–water partition coefficient (Wildman–Crippen LogP) is 7.77. The third kappa shape index (κ3) is 28.5. The van der Waals surface area contributed by atoms with E-state index in [2.05, 4.69) is 6.92 Å². The average molecular weight is 567 g/mol. The topological polar surface area (TPSA) is 91.3 Å². The molecule has 2 atom stereocenters. The summed E-state index contributed by atoms with van der Waals surface area (Å²) in [5, 5.41) is 0. The zero-order chi connectivity index (χ0) is 28.5. The predicted molar refractivity (Wildman–Crippen MR) is 155 cm³/mol. The van der Waals surface area contributed by atoms with Gasteiger partial charge in [0.15, 0.2) is 6.29 Å². The molecule has 0 aromatic heterocycles. The number of esters is 1. The summed E-state index contributed by atoms with van der Waals surface area (Å²) in [7, 11) is 1.69. The Morgan fingerprint density at radius 1 is 0.737 bits per heavy atom. The number of ether oxygens (including phenoxy) is 2. The van der Waals surface area contributed by atoms with Crippen LogP contribution in [0.4, 0.5) is 0 Å². The molecule has 0 bridgehead atoms. The van der Waals surface area contributed by atoms with Crippen LogP contribution < -0.4 is 0 Å². The summed E-state index contributed by atoms with van der Waals surface area (Å²) in [6.45, 7) is 4.62. The van der Waals surface area contributed by atoms with E-state index in [4.69, 9.17) is 18.5 Å². The first-order chi connectivity index (χ1) is 18.1. The number of quaternary nitrogens is 1. The van der Waals surface area contributed by atoms with E-state index in [9.17, 15) is 14.3 Å². The molecule has 0 spiro atoms. The van der Waals surface area contributed by atoms with Gasteiger partial charge in [0, 0.05) is 6.42 Å². The number of phosphoric acid groups is 1. The lowest BCUT2D eigenvalue weighted by molar-refractivity contribution is -0.870. The van der Waals surface area contributed by atoms with Crippen LogP contribution in [0.3, 0.4) is 0 Å². The van der Waals surface area contributed by atoms with Gasteiger partial charge in [-0.3, -0.25) is 13.8 Å². The van der Waals surface area contributed by atoms with E-state index in [0.29, 0.717) is 17.4 Å². The molecule has 1 N–H and O–H groups in total. The largest absolute Gasteiger partial charge is 0.474 e. The highest BCUT2D eigenvalue weighted by molar-refractivity contribution is 7.47. The van der Waals surface area contributed by atoms with Crippen LogP contribution >= 0.6 is 7.82 Å². The second-order valence-corrected chi connectivity index (χ2v) is 12.9. The van der Waals surface area contributed by atoms with Gasteiger partial charge in [0.1, 0.15) is 19.8 Å². The Morgan fingerprint density at radius 3 is 1.63 bits per heavy atom. The van der Waals surface area contributed by atoms with Gasteiger partial charge in [-0.2, -0.15) is 0 Å². The fourth-order valence-electron chi connectivity index (χ4n) is 4.11. The maximum absolute atomic E-state index is 11.9. The van der Waals surface area contributed by atoms with Gasteiger partial charge in [0.05, 0.1) is 27.7 Å². The lowest BCUT2D eigenvalue weighted by Gasteiger charge is -2.24. The van der Waals surface area contributed by atoms with E-state index in [1.807, 2.05) is 21.1 Å². The van der Waals surface area contributed by atoms with Crippen molar-refractivity contribution in [1.82, 2.24) is 0 Å². The number of likely N-dealkylation sites (N-methyl/N-ethyl adjacent to an activating group) is 1. The van der Waals surface area contributed by atoms with Crippen LogP contribution in [0, 0.1) is 0 Å². The monoisotopic (exact) mass is 566 g/mol. The molecule has 0 aliphatic rings. The standard InChI is InChI=1S/C29H60NO7P/c1-6-7-8-9-10-11-12-13-14-15-16-17-18-19-20-21-22-23-29(31)35-27-26-34-28(2)37-38(32,33)36-25-24-30(3,4)5/h28H,6-27H2,1-5H3/p+1. The Labute approximate surface area is 234 Å². The number of nitrogens with zero attached hydrogens (tertiary/aromatic N) is 1. The quantitative estimate of drug-likeness (QED) is 0.0340. The lowest BCUT2D eigenvalue weighted by atomic mass is 10.0. The van der Waals surface area contributed by atoms with Crippen molar-refractivity contribution in [2.75, 3.05) is 47.5 Å². The Bertz CT molecular complexity index is 598. The minimum Gasteiger partial charge on any atom is -0.463 e. The van der Waals surface area contributed by atoms with Gasteiger partial charge in [0.2, 0.25) is 0 Å². The Morgan fingerprint density at radius 2 is 1.18 bits per heavy atom.